The Morgan fingerprint density at radius 1 is 1.04 bits per heavy atom. The number of hydrogen-bond acceptors (Lipinski definition) is 3. The van der Waals surface area contributed by atoms with E-state index in [-0.39, 0.29) is 12.5 Å². The molecule has 0 aromatic heterocycles. The number of benzene rings is 3. The van der Waals surface area contributed by atoms with Gasteiger partial charge in [0.2, 0.25) is 5.91 Å². The molecule has 0 spiro atoms. The Labute approximate surface area is 147 Å². The summed E-state index contributed by atoms with van der Waals surface area (Å²) >= 11 is 0. The second kappa shape index (κ2) is 7.61. The average Bonchev–Trinajstić information content (AvgIpc) is 2.62. The quantitative estimate of drug-likeness (QED) is 0.775. The van der Waals surface area contributed by atoms with Crippen LogP contribution in [0.2, 0.25) is 0 Å². The molecule has 25 heavy (non-hydrogen) atoms. The van der Waals surface area contributed by atoms with E-state index < -0.39 is 0 Å². The van der Waals surface area contributed by atoms with Crippen LogP contribution in [0.4, 0.5) is 5.69 Å². The first-order valence-electron chi connectivity index (χ1n) is 8.11. The Morgan fingerprint density at radius 3 is 2.56 bits per heavy atom. The molecule has 4 nitrogen and oxygen atoms in total. The summed E-state index contributed by atoms with van der Waals surface area (Å²) in [6, 6.07) is 23.6. The maximum absolute atomic E-state index is 12.2. The molecule has 0 aliphatic rings. The van der Waals surface area contributed by atoms with Crippen molar-refractivity contribution in [1.29, 1.82) is 5.26 Å². The molecule has 0 bridgehead atoms. The van der Waals surface area contributed by atoms with Crippen molar-refractivity contribution in [3.8, 4) is 6.07 Å². The molecular weight excluding hydrogens is 310 g/mol. The third-order valence-electron chi connectivity index (χ3n) is 4.00. The van der Waals surface area contributed by atoms with Crippen LogP contribution < -0.4 is 5.32 Å². The number of nitrogens with one attached hydrogen (secondary N) is 1. The smallest absolute Gasteiger partial charge is 0.238 e. The first-order valence-corrected chi connectivity index (χ1v) is 8.11. The Morgan fingerprint density at radius 2 is 1.76 bits per heavy atom. The van der Waals surface area contributed by atoms with E-state index in [1.807, 2.05) is 24.1 Å². The zero-order valence-corrected chi connectivity index (χ0v) is 14.1. The van der Waals surface area contributed by atoms with Crippen molar-refractivity contribution in [3.05, 3.63) is 77.9 Å². The van der Waals surface area contributed by atoms with Crippen LogP contribution in [0.3, 0.4) is 0 Å². The van der Waals surface area contributed by atoms with E-state index in [2.05, 4.69) is 41.7 Å². The lowest BCUT2D eigenvalue weighted by atomic mass is 10.1. The molecule has 1 N–H and O–H groups in total. The first-order chi connectivity index (χ1) is 12.2. The van der Waals surface area contributed by atoms with Gasteiger partial charge in [-0.15, -0.1) is 0 Å². The van der Waals surface area contributed by atoms with Crippen LogP contribution in [0, 0.1) is 11.3 Å². The third-order valence-corrected chi connectivity index (χ3v) is 4.00. The number of fused-ring (bicyclic) bond motifs is 1. The first kappa shape index (κ1) is 16.7. The van der Waals surface area contributed by atoms with Crippen molar-refractivity contribution in [2.24, 2.45) is 0 Å². The van der Waals surface area contributed by atoms with Crippen LogP contribution in [0.25, 0.3) is 10.8 Å². The molecule has 124 valence electrons. The zero-order valence-electron chi connectivity index (χ0n) is 14.1. The molecule has 0 fully saturated rings. The van der Waals surface area contributed by atoms with Crippen LogP contribution in [0.1, 0.15) is 11.1 Å². The van der Waals surface area contributed by atoms with Gasteiger partial charge in [0.15, 0.2) is 0 Å². The molecule has 4 heteroatoms. The van der Waals surface area contributed by atoms with Crippen molar-refractivity contribution in [3.63, 3.8) is 0 Å². The molecule has 3 aromatic carbocycles. The van der Waals surface area contributed by atoms with Gasteiger partial charge in [0, 0.05) is 6.54 Å². The molecule has 0 unspecified atom stereocenters. The van der Waals surface area contributed by atoms with E-state index in [9.17, 15) is 4.79 Å². The average molecular weight is 329 g/mol. The maximum atomic E-state index is 12.2. The van der Waals surface area contributed by atoms with Crippen LogP contribution in [-0.4, -0.2) is 24.4 Å². The lowest BCUT2D eigenvalue weighted by Crippen LogP contribution is -2.30. The van der Waals surface area contributed by atoms with Crippen molar-refractivity contribution >= 4 is 22.4 Å². The van der Waals surface area contributed by atoms with Gasteiger partial charge in [0.1, 0.15) is 6.07 Å². The number of carbonyl (C=O) groups is 1. The highest BCUT2D eigenvalue weighted by Crippen LogP contribution is 2.17. The molecular formula is C21H19N3O. The number of hydrogen-bond donors (Lipinski definition) is 1. The Kier molecular flexibility index (Phi) is 5.08. The summed E-state index contributed by atoms with van der Waals surface area (Å²) in [6.07, 6.45) is 0. The summed E-state index contributed by atoms with van der Waals surface area (Å²) in [5.41, 5.74) is 2.17. The molecule has 3 rings (SSSR count). The predicted octanol–water partition coefficient (Wildman–Crippen LogP) is 3.78. The molecule has 0 aliphatic carbocycles. The van der Waals surface area contributed by atoms with Gasteiger partial charge in [-0.2, -0.15) is 5.26 Å². The van der Waals surface area contributed by atoms with Crippen molar-refractivity contribution in [2.45, 2.75) is 6.54 Å². The van der Waals surface area contributed by atoms with E-state index in [4.69, 9.17) is 5.26 Å². The van der Waals surface area contributed by atoms with E-state index in [0.717, 1.165) is 5.56 Å². The largest absolute Gasteiger partial charge is 0.324 e. The maximum Gasteiger partial charge on any atom is 0.238 e. The summed E-state index contributed by atoms with van der Waals surface area (Å²) in [5.74, 6) is -0.133. The van der Waals surface area contributed by atoms with Crippen molar-refractivity contribution < 1.29 is 4.79 Å². The number of amides is 1. The molecule has 0 aliphatic heterocycles. The molecule has 0 radical (unpaired) electrons. The van der Waals surface area contributed by atoms with Gasteiger partial charge in [-0.25, -0.2) is 0 Å². The molecule has 0 heterocycles. The van der Waals surface area contributed by atoms with Gasteiger partial charge in [0.05, 0.1) is 17.8 Å². The Hall–Kier alpha value is -3.16. The fourth-order valence-corrected chi connectivity index (χ4v) is 2.83. The summed E-state index contributed by atoms with van der Waals surface area (Å²) < 4.78 is 0. The second-order valence-corrected chi connectivity index (χ2v) is 6.06. The van der Waals surface area contributed by atoms with Gasteiger partial charge in [-0.05, 0) is 41.6 Å². The number of nitrogens with zero attached hydrogens (tertiary/aromatic N) is 2. The van der Waals surface area contributed by atoms with Gasteiger partial charge in [-0.1, -0.05) is 48.5 Å². The fraction of sp³-hybridized carbons (Fsp3) is 0.143. The number of para-hydroxylation sites is 1. The molecule has 0 saturated heterocycles. The van der Waals surface area contributed by atoms with Crippen molar-refractivity contribution in [1.82, 2.24) is 4.90 Å². The number of carbonyl (C=O) groups excluding carboxylic acids is 1. The second-order valence-electron chi connectivity index (χ2n) is 6.06. The molecule has 3 aromatic rings. The molecule has 0 saturated carbocycles. The van der Waals surface area contributed by atoms with Gasteiger partial charge in [0.25, 0.3) is 0 Å². The third kappa shape index (κ3) is 4.23. The van der Waals surface area contributed by atoms with E-state index in [0.29, 0.717) is 17.8 Å². The topological polar surface area (TPSA) is 56.1 Å². The van der Waals surface area contributed by atoms with Gasteiger partial charge >= 0.3 is 0 Å². The summed E-state index contributed by atoms with van der Waals surface area (Å²) in [4.78, 5) is 14.2. The summed E-state index contributed by atoms with van der Waals surface area (Å²) in [7, 11) is 1.91. The SMILES string of the molecule is CN(CC(=O)Nc1ccccc1C#N)Cc1ccc2ccccc2c1. The van der Waals surface area contributed by atoms with Gasteiger partial charge in [-0.3, -0.25) is 9.69 Å². The minimum Gasteiger partial charge on any atom is -0.324 e. The lowest BCUT2D eigenvalue weighted by molar-refractivity contribution is -0.117. The predicted molar refractivity (Wildman–Crippen MR) is 100 cm³/mol. The van der Waals surface area contributed by atoms with Crippen LogP contribution >= 0.6 is 0 Å². The minimum absolute atomic E-state index is 0.133. The van der Waals surface area contributed by atoms with E-state index in [1.165, 1.54) is 10.8 Å². The highest BCUT2D eigenvalue weighted by molar-refractivity contribution is 5.93. The van der Waals surface area contributed by atoms with Crippen LogP contribution in [0.15, 0.2) is 66.7 Å². The Bertz CT molecular complexity index is 943. The van der Waals surface area contributed by atoms with E-state index in [1.54, 1.807) is 24.3 Å². The molecule has 0 atom stereocenters. The normalized spacial score (nSPS) is 10.6. The molecule has 1 amide bonds. The zero-order chi connectivity index (χ0) is 17.6. The standard InChI is InChI=1S/C21H19N3O/c1-24(14-16-10-11-17-6-2-3-7-18(17)12-16)15-21(25)23-20-9-5-4-8-19(20)13-22/h2-12H,14-15H2,1H3,(H,23,25). The number of anilines is 1. The summed E-state index contributed by atoms with van der Waals surface area (Å²) in [5, 5.41) is 14.3. The summed E-state index contributed by atoms with van der Waals surface area (Å²) in [6.45, 7) is 0.935. The number of rotatable bonds is 5. The van der Waals surface area contributed by atoms with Crippen LogP contribution in [-0.2, 0) is 11.3 Å². The monoisotopic (exact) mass is 329 g/mol. The van der Waals surface area contributed by atoms with E-state index >= 15 is 0 Å². The van der Waals surface area contributed by atoms with Crippen molar-refractivity contribution in [2.75, 3.05) is 18.9 Å². The highest BCUT2D eigenvalue weighted by Gasteiger charge is 2.10. The minimum atomic E-state index is -0.133. The van der Waals surface area contributed by atoms with Gasteiger partial charge < -0.3 is 5.32 Å². The van der Waals surface area contributed by atoms with Crippen LogP contribution in [0.5, 0.6) is 0 Å². The fourth-order valence-electron chi connectivity index (χ4n) is 2.83. The number of nitriles is 1. The highest BCUT2D eigenvalue weighted by atomic mass is 16.2. The number of likely N-dealkylation sites (N-methyl/N-ethyl adjacent to an activating group) is 1. The lowest BCUT2D eigenvalue weighted by Gasteiger charge is -2.17. The Balaban J connectivity index is 1.62.